The van der Waals surface area contributed by atoms with Gasteiger partial charge in [-0.2, -0.15) is 0 Å². The minimum atomic E-state index is 0.0648. The van der Waals surface area contributed by atoms with Gasteiger partial charge in [0.25, 0.3) is 5.95 Å². The summed E-state index contributed by atoms with van der Waals surface area (Å²) in [5, 5.41) is 9.22. The third-order valence-electron chi connectivity index (χ3n) is 0.314. The van der Waals surface area contributed by atoms with Crippen LogP contribution in [0.15, 0.2) is 4.63 Å². The molecule has 0 aliphatic heterocycles. The molecule has 0 atom stereocenters. The van der Waals surface area contributed by atoms with Crippen molar-refractivity contribution in [3.05, 3.63) is 0 Å². The maximum Gasteiger partial charge on any atom is 0.282 e. The molecule has 0 spiro atoms. The molecule has 1 heterocycles. The number of aromatic nitrogens is 3. The Bertz CT molecular complexity index is 111. The Morgan fingerprint density at radius 3 is 2.67 bits per heavy atom. The van der Waals surface area contributed by atoms with Gasteiger partial charge in [-0.05, 0) is 5.16 Å². The van der Waals surface area contributed by atoms with Gasteiger partial charge in [0.05, 0.1) is 5.27 Å². The molecular weight excluding hydrogens is 84.0 g/mol. The van der Waals surface area contributed by atoms with Crippen molar-refractivity contribution < 1.29 is 4.63 Å². The van der Waals surface area contributed by atoms with E-state index >= 15 is 0 Å². The lowest BCUT2D eigenvalue weighted by Gasteiger charge is -1.59. The molecule has 0 fully saturated rings. The molecule has 32 valence electrons. The Balaban J connectivity index is 3.05. The fraction of sp³-hybridized carbons (Fsp3) is 0. The van der Waals surface area contributed by atoms with Crippen LogP contribution in [0.2, 0.25) is 0 Å². The van der Waals surface area contributed by atoms with Crippen LogP contribution < -0.4 is 5.73 Å². The highest BCUT2D eigenvalue weighted by molar-refractivity contribution is 5.04. The highest BCUT2D eigenvalue weighted by atomic mass is 16.6. The zero-order chi connectivity index (χ0) is 4.41. The van der Waals surface area contributed by atoms with Crippen molar-refractivity contribution in [3.63, 3.8) is 0 Å². The van der Waals surface area contributed by atoms with Crippen LogP contribution in [-0.4, -0.2) is 15.5 Å². The fourth-order valence-electron chi connectivity index (χ4n) is 0.138. The van der Waals surface area contributed by atoms with Crippen LogP contribution in [-0.2, 0) is 0 Å². The molecule has 0 bridgehead atoms. The first-order valence-corrected chi connectivity index (χ1v) is 1.30. The number of hydrogen-bond acceptors (Lipinski definition) is 5. The Morgan fingerprint density at radius 1 is 1.67 bits per heavy atom. The minimum Gasteiger partial charge on any atom is -0.364 e. The Kier molecular flexibility index (Phi) is 0.474. The van der Waals surface area contributed by atoms with Crippen LogP contribution in [0.3, 0.4) is 0 Å². The first-order valence-electron chi connectivity index (χ1n) is 1.30. The number of hydrogen-bond donors (Lipinski definition) is 1. The van der Waals surface area contributed by atoms with Gasteiger partial charge in [-0.25, -0.2) is 4.63 Å². The molecule has 1 aromatic heterocycles. The highest BCUT2D eigenvalue weighted by Gasteiger charge is 1.82. The van der Waals surface area contributed by atoms with Crippen molar-refractivity contribution >= 4 is 5.95 Å². The van der Waals surface area contributed by atoms with Gasteiger partial charge < -0.3 is 5.73 Å². The van der Waals surface area contributed by atoms with E-state index in [-0.39, 0.29) is 5.95 Å². The van der Waals surface area contributed by atoms with Gasteiger partial charge in [0.2, 0.25) is 0 Å². The second-order valence-corrected chi connectivity index (χ2v) is 0.713. The molecule has 6 heavy (non-hydrogen) atoms. The van der Waals surface area contributed by atoms with Gasteiger partial charge >= 0.3 is 0 Å². The van der Waals surface area contributed by atoms with E-state index in [1.165, 1.54) is 0 Å². The predicted molar refractivity (Wildman–Crippen MR) is 16.5 cm³/mol. The lowest BCUT2D eigenvalue weighted by molar-refractivity contribution is 0.293. The molecule has 1 aromatic rings. The Labute approximate surface area is 33.1 Å². The van der Waals surface area contributed by atoms with Crippen LogP contribution in [0.1, 0.15) is 0 Å². The Morgan fingerprint density at radius 2 is 2.50 bits per heavy atom. The maximum absolute atomic E-state index is 4.90. The second-order valence-electron chi connectivity index (χ2n) is 0.713. The van der Waals surface area contributed by atoms with E-state index in [1.807, 2.05) is 0 Å². The summed E-state index contributed by atoms with van der Waals surface area (Å²) < 4.78 is 3.98. The maximum atomic E-state index is 4.90. The van der Waals surface area contributed by atoms with Crippen LogP contribution in [0.4, 0.5) is 5.95 Å². The lowest BCUT2D eigenvalue weighted by Crippen LogP contribution is -1.84. The summed E-state index contributed by atoms with van der Waals surface area (Å²) in [7, 11) is 0. The smallest absolute Gasteiger partial charge is 0.282 e. The molecule has 0 saturated heterocycles. The summed E-state index contributed by atoms with van der Waals surface area (Å²) in [6.07, 6.45) is 0. The van der Waals surface area contributed by atoms with Gasteiger partial charge in [-0.15, -0.1) is 0 Å². The van der Waals surface area contributed by atoms with E-state index in [4.69, 9.17) is 5.73 Å². The van der Waals surface area contributed by atoms with Gasteiger partial charge in [0.1, 0.15) is 0 Å². The van der Waals surface area contributed by atoms with Gasteiger partial charge in [-0.1, -0.05) is 5.10 Å². The molecule has 0 radical (unpaired) electrons. The molecule has 0 aliphatic rings. The fourth-order valence-corrected chi connectivity index (χ4v) is 0.138. The molecule has 1 rings (SSSR count). The number of nitrogen functional groups attached to an aromatic ring is 1. The third-order valence-corrected chi connectivity index (χ3v) is 0.314. The summed E-state index contributed by atoms with van der Waals surface area (Å²) in [5.41, 5.74) is 4.90. The summed E-state index contributed by atoms with van der Waals surface area (Å²) >= 11 is 0. The third kappa shape index (κ3) is 0.291. The number of nitrogens with zero attached hydrogens (tertiary/aromatic N) is 3. The average Bonchev–Trinajstić information content (AvgIpc) is 1.86. The number of nitrogens with two attached hydrogens (primary N) is 1. The molecule has 0 saturated carbocycles. The monoisotopic (exact) mass is 86.0 g/mol. The number of anilines is 1. The van der Waals surface area contributed by atoms with Crippen LogP contribution >= 0.6 is 0 Å². The first kappa shape index (κ1) is 3.08. The molecule has 0 aliphatic carbocycles. The quantitative estimate of drug-likeness (QED) is 0.440. The van der Waals surface area contributed by atoms with Crippen molar-refractivity contribution in [2.75, 3.05) is 5.73 Å². The molecule has 5 nitrogen and oxygen atoms in total. The van der Waals surface area contributed by atoms with Crippen molar-refractivity contribution in [1.29, 1.82) is 0 Å². The lowest BCUT2D eigenvalue weighted by atomic mass is 11.2. The summed E-state index contributed by atoms with van der Waals surface area (Å²) in [4.78, 5) is 0. The van der Waals surface area contributed by atoms with Gasteiger partial charge in [-0.3, -0.25) is 0 Å². The van der Waals surface area contributed by atoms with Crippen LogP contribution in [0.25, 0.3) is 0 Å². The van der Waals surface area contributed by atoms with Crippen LogP contribution in [0, 0.1) is 0 Å². The predicted octanol–water partition coefficient (Wildman–Crippen LogP) is -0.953. The molecule has 2 N–H and O–H groups in total. The zero-order valence-electron chi connectivity index (χ0n) is 2.83. The SMILES string of the molecule is Nc1nnon1. The normalized spacial score (nSPS) is 8.67. The number of rotatable bonds is 0. The van der Waals surface area contributed by atoms with E-state index in [2.05, 4.69) is 20.2 Å². The van der Waals surface area contributed by atoms with Crippen molar-refractivity contribution in [1.82, 2.24) is 15.5 Å². The zero-order valence-corrected chi connectivity index (χ0v) is 2.83. The van der Waals surface area contributed by atoms with Gasteiger partial charge in [0.15, 0.2) is 0 Å². The van der Waals surface area contributed by atoms with Crippen molar-refractivity contribution in [2.24, 2.45) is 0 Å². The Hall–Kier alpha value is -1.13. The van der Waals surface area contributed by atoms with Crippen LogP contribution in [0.5, 0.6) is 0 Å². The topological polar surface area (TPSA) is 77.8 Å². The van der Waals surface area contributed by atoms with E-state index in [0.717, 1.165) is 0 Å². The second kappa shape index (κ2) is 0.925. The highest BCUT2D eigenvalue weighted by Crippen LogP contribution is 1.76. The standard InChI is InChI=1S/CH2N4O/c2-1-3-5-6-4-1/h(H2,2,4). The van der Waals surface area contributed by atoms with Gasteiger partial charge in [0, 0.05) is 0 Å². The molecule has 0 unspecified atom stereocenters. The summed E-state index contributed by atoms with van der Waals surface area (Å²) in [6.45, 7) is 0. The molecule has 0 aromatic carbocycles. The summed E-state index contributed by atoms with van der Waals surface area (Å²) in [6, 6.07) is 0. The van der Waals surface area contributed by atoms with Crippen molar-refractivity contribution in [3.8, 4) is 0 Å². The average molecular weight is 86.1 g/mol. The minimum absolute atomic E-state index is 0.0648. The molecule has 0 amide bonds. The first-order chi connectivity index (χ1) is 2.89. The van der Waals surface area contributed by atoms with E-state index in [0.29, 0.717) is 0 Å². The van der Waals surface area contributed by atoms with E-state index in [9.17, 15) is 0 Å². The van der Waals surface area contributed by atoms with E-state index < -0.39 is 0 Å². The van der Waals surface area contributed by atoms with Crippen molar-refractivity contribution in [2.45, 2.75) is 0 Å². The molecule has 5 heteroatoms. The summed E-state index contributed by atoms with van der Waals surface area (Å²) in [5.74, 6) is 0.0648. The van der Waals surface area contributed by atoms with E-state index in [1.54, 1.807) is 0 Å². The molecular formula is CH2N4O. The largest absolute Gasteiger partial charge is 0.364 e.